The fourth-order valence-corrected chi connectivity index (χ4v) is 7.25. The molecule has 4 aliphatic heterocycles. The quantitative estimate of drug-likeness (QED) is 0.120. The third kappa shape index (κ3) is 4.51. The number of fused-ring (bicyclic) bond motifs is 4. The normalized spacial score (nSPS) is 33.4. The van der Waals surface area contributed by atoms with Crippen LogP contribution in [-0.2, 0) is 9.47 Å². The van der Waals surface area contributed by atoms with E-state index in [1.807, 2.05) is 6.92 Å². The number of nitrogens with one attached hydrogen (secondary N) is 1. The summed E-state index contributed by atoms with van der Waals surface area (Å²) in [6, 6.07) is -0.791. The Labute approximate surface area is 270 Å². The standard InChI is InChI=1S/C28H36N10O10/c1-10-3-16(43)36-25(46)21-23(32-26(36)30-10)38(19-6-13(42)15(8-40)48-19)27(31-21)35-11(2)4-17(44)37-24(45)20-22(33-28(35)37)34(9-29-20)18-5-12(41)14(7-39)47-18/h9-19,39-44H,3-8H2,1-2H3,(H,30,32)/t10?,11?,12-,13-,14+,15+,16?,17?,18+,19+/m0/s1. The summed E-state index contributed by atoms with van der Waals surface area (Å²) in [6.45, 7) is 2.72. The molecule has 2 saturated heterocycles. The van der Waals surface area contributed by atoms with Gasteiger partial charge in [-0.05, 0) is 13.8 Å². The van der Waals surface area contributed by atoms with E-state index in [1.54, 1.807) is 11.8 Å². The van der Waals surface area contributed by atoms with Gasteiger partial charge in [0, 0.05) is 37.8 Å². The first kappa shape index (κ1) is 31.3. The topological polar surface area (TPSA) is 261 Å². The van der Waals surface area contributed by atoms with Crippen LogP contribution in [0.15, 0.2) is 15.9 Å². The Morgan fingerprint density at radius 3 is 2.08 bits per heavy atom. The lowest BCUT2D eigenvalue weighted by molar-refractivity contribution is -0.0432. The summed E-state index contributed by atoms with van der Waals surface area (Å²) < 4.78 is 17.0. The minimum Gasteiger partial charge on any atom is -0.394 e. The lowest BCUT2D eigenvalue weighted by atomic mass is 10.1. The van der Waals surface area contributed by atoms with Gasteiger partial charge in [0.15, 0.2) is 22.3 Å². The van der Waals surface area contributed by atoms with E-state index in [9.17, 15) is 40.2 Å². The van der Waals surface area contributed by atoms with Gasteiger partial charge in [-0.25, -0.2) is 19.1 Å². The molecule has 0 amide bonds. The third-order valence-electron chi connectivity index (χ3n) is 9.67. The number of nitrogens with zero attached hydrogens (tertiary/aromatic N) is 9. The van der Waals surface area contributed by atoms with Gasteiger partial charge in [-0.2, -0.15) is 9.97 Å². The molecular formula is C28H36N10O10. The van der Waals surface area contributed by atoms with Crippen LogP contribution in [-0.4, -0.2) is 119 Å². The van der Waals surface area contributed by atoms with Crippen LogP contribution in [0.25, 0.3) is 22.3 Å². The van der Waals surface area contributed by atoms with E-state index in [0.717, 1.165) is 9.13 Å². The second-order valence-electron chi connectivity index (χ2n) is 12.9. The Hall–Kier alpha value is -4.02. The number of ether oxygens (including phenoxy) is 2. The summed E-state index contributed by atoms with van der Waals surface area (Å²) in [6.07, 6.45) is -6.34. The van der Waals surface area contributed by atoms with Crippen molar-refractivity contribution in [1.29, 1.82) is 0 Å². The van der Waals surface area contributed by atoms with Crippen molar-refractivity contribution < 1.29 is 40.1 Å². The predicted molar refractivity (Wildman–Crippen MR) is 163 cm³/mol. The highest BCUT2D eigenvalue weighted by Gasteiger charge is 2.43. The summed E-state index contributed by atoms with van der Waals surface area (Å²) in [5.74, 6) is 0.101. The maximum atomic E-state index is 13.9. The van der Waals surface area contributed by atoms with Gasteiger partial charge in [0.1, 0.15) is 37.1 Å². The Morgan fingerprint density at radius 2 is 1.40 bits per heavy atom. The van der Waals surface area contributed by atoms with Crippen molar-refractivity contribution in [2.75, 3.05) is 23.4 Å². The van der Waals surface area contributed by atoms with E-state index in [-0.39, 0.29) is 71.9 Å². The van der Waals surface area contributed by atoms with Crippen molar-refractivity contribution in [2.24, 2.45) is 0 Å². The van der Waals surface area contributed by atoms with Crippen molar-refractivity contribution in [3.05, 3.63) is 27.0 Å². The lowest BCUT2D eigenvalue weighted by Crippen LogP contribution is -2.45. The van der Waals surface area contributed by atoms with E-state index in [1.165, 1.54) is 15.5 Å². The highest BCUT2D eigenvalue weighted by Crippen LogP contribution is 2.41. The SMILES string of the molecule is CC1CC(O)n2c(nc3c(nc(N4c5nc6c(ncn6[C@H]6C[C@H](O)[C@@H](CO)O6)c(=O)n5C(O)CC4C)n3[C@H]3C[C@H](O)[C@@H](CO)O3)c2=O)N1. The number of aliphatic hydroxyl groups is 6. The second kappa shape index (κ2) is 11.3. The Balaban J connectivity index is 1.36. The van der Waals surface area contributed by atoms with Crippen molar-refractivity contribution in [3.63, 3.8) is 0 Å². The van der Waals surface area contributed by atoms with E-state index in [0.29, 0.717) is 0 Å². The zero-order valence-corrected chi connectivity index (χ0v) is 25.9. The molecule has 0 spiro atoms. The fourth-order valence-electron chi connectivity index (χ4n) is 7.25. The van der Waals surface area contributed by atoms with Crippen LogP contribution in [0, 0.1) is 0 Å². The number of aromatic nitrogens is 8. The summed E-state index contributed by atoms with van der Waals surface area (Å²) in [5.41, 5.74) is -1.36. The molecule has 7 N–H and O–H groups in total. The number of imidazole rings is 2. The van der Waals surface area contributed by atoms with Crippen LogP contribution in [0.5, 0.6) is 0 Å². The molecule has 48 heavy (non-hydrogen) atoms. The molecular weight excluding hydrogens is 636 g/mol. The first-order valence-corrected chi connectivity index (χ1v) is 15.8. The molecule has 8 rings (SSSR count). The Kier molecular flexibility index (Phi) is 7.34. The van der Waals surface area contributed by atoms with Crippen LogP contribution < -0.4 is 21.3 Å². The van der Waals surface area contributed by atoms with Crippen molar-refractivity contribution in [1.82, 2.24) is 38.2 Å². The molecule has 4 aromatic heterocycles. The minimum atomic E-state index is -1.30. The van der Waals surface area contributed by atoms with E-state index in [2.05, 4.69) is 15.3 Å². The molecule has 20 nitrogen and oxygen atoms in total. The summed E-state index contributed by atoms with van der Waals surface area (Å²) >= 11 is 0. The highest BCUT2D eigenvalue weighted by atomic mass is 16.5. The summed E-state index contributed by atoms with van der Waals surface area (Å²) in [5, 5.41) is 65.7. The lowest BCUT2D eigenvalue weighted by Gasteiger charge is -2.38. The van der Waals surface area contributed by atoms with Crippen LogP contribution in [0.1, 0.15) is 64.4 Å². The largest absolute Gasteiger partial charge is 0.394 e. The maximum Gasteiger partial charge on any atom is 0.285 e. The van der Waals surface area contributed by atoms with E-state index >= 15 is 0 Å². The van der Waals surface area contributed by atoms with Crippen LogP contribution in [0.4, 0.5) is 17.8 Å². The van der Waals surface area contributed by atoms with E-state index < -0.39 is 79.7 Å². The van der Waals surface area contributed by atoms with Gasteiger partial charge in [-0.1, -0.05) is 0 Å². The van der Waals surface area contributed by atoms with Gasteiger partial charge in [-0.3, -0.25) is 23.6 Å². The average Bonchev–Trinajstić information content (AvgIpc) is 3.80. The fraction of sp³-hybridized carbons (Fsp3) is 0.643. The Bertz CT molecular complexity index is 2030. The molecule has 0 radical (unpaired) electrons. The van der Waals surface area contributed by atoms with Gasteiger partial charge >= 0.3 is 0 Å². The number of hydrogen-bond acceptors (Lipinski definition) is 16. The maximum absolute atomic E-state index is 13.9. The number of aliphatic hydroxyl groups excluding tert-OH is 6. The van der Waals surface area contributed by atoms with Crippen molar-refractivity contribution in [3.8, 4) is 0 Å². The zero-order chi connectivity index (χ0) is 33.8. The van der Waals surface area contributed by atoms with Gasteiger partial charge in [0.25, 0.3) is 11.1 Å². The highest BCUT2D eigenvalue weighted by molar-refractivity contribution is 5.78. The predicted octanol–water partition coefficient (Wildman–Crippen LogP) is -2.10. The number of rotatable bonds is 5. The molecule has 0 aromatic carbocycles. The van der Waals surface area contributed by atoms with Crippen molar-refractivity contribution in [2.45, 2.75) is 101 Å². The van der Waals surface area contributed by atoms with Gasteiger partial charge in [-0.15, -0.1) is 0 Å². The minimum absolute atomic E-state index is 0.000492. The Morgan fingerprint density at radius 1 is 0.771 bits per heavy atom. The molecule has 8 heterocycles. The molecule has 258 valence electrons. The summed E-state index contributed by atoms with van der Waals surface area (Å²) in [7, 11) is 0. The first-order valence-electron chi connectivity index (χ1n) is 15.8. The van der Waals surface area contributed by atoms with Crippen molar-refractivity contribution >= 4 is 40.2 Å². The van der Waals surface area contributed by atoms with Crippen LogP contribution >= 0.6 is 0 Å². The number of anilines is 3. The molecule has 4 aliphatic rings. The first-order chi connectivity index (χ1) is 23.0. The molecule has 20 heteroatoms. The van der Waals surface area contributed by atoms with Gasteiger partial charge < -0.3 is 45.4 Å². The molecule has 2 fully saturated rings. The molecule has 4 unspecified atom stereocenters. The zero-order valence-electron chi connectivity index (χ0n) is 25.9. The van der Waals surface area contributed by atoms with Crippen LogP contribution in [0.3, 0.4) is 0 Å². The average molecular weight is 673 g/mol. The number of hydrogen-bond donors (Lipinski definition) is 7. The molecule has 0 aliphatic carbocycles. The molecule has 0 bridgehead atoms. The smallest absolute Gasteiger partial charge is 0.285 e. The molecule has 0 saturated carbocycles. The van der Waals surface area contributed by atoms with E-state index in [4.69, 9.17) is 19.4 Å². The summed E-state index contributed by atoms with van der Waals surface area (Å²) in [4.78, 5) is 47.8. The molecule has 10 atom stereocenters. The van der Waals surface area contributed by atoms with Gasteiger partial charge in [0.05, 0.1) is 31.7 Å². The molecule has 4 aromatic rings. The second-order valence-corrected chi connectivity index (χ2v) is 12.9. The van der Waals surface area contributed by atoms with Gasteiger partial charge in [0.2, 0.25) is 17.8 Å². The third-order valence-corrected chi connectivity index (χ3v) is 9.67. The monoisotopic (exact) mass is 672 g/mol. The van der Waals surface area contributed by atoms with Crippen LogP contribution in [0.2, 0.25) is 0 Å².